The lowest BCUT2D eigenvalue weighted by atomic mass is 10.0. The Balaban J connectivity index is 0.00000288. The van der Waals surface area contributed by atoms with Crippen LogP contribution in [0.3, 0.4) is 0 Å². The second-order valence-corrected chi connectivity index (χ2v) is 6.74. The molecule has 0 aliphatic heterocycles. The molecule has 0 heterocycles. The van der Waals surface area contributed by atoms with Crippen molar-refractivity contribution >= 4 is 29.9 Å². The lowest BCUT2D eigenvalue weighted by molar-refractivity contribution is 0.306. The molecule has 0 amide bonds. The van der Waals surface area contributed by atoms with Gasteiger partial charge in [0.1, 0.15) is 0 Å². The molecule has 1 aliphatic rings. The van der Waals surface area contributed by atoms with E-state index in [0.29, 0.717) is 12.1 Å². The van der Waals surface area contributed by atoms with Gasteiger partial charge in [0.2, 0.25) is 0 Å². The third-order valence-corrected chi connectivity index (χ3v) is 4.55. The first-order chi connectivity index (χ1) is 11.1. The third-order valence-electron chi connectivity index (χ3n) is 4.55. The maximum absolute atomic E-state index is 4.85. The maximum atomic E-state index is 4.85. The Labute approximate surface area is 164 Å². The van der Waals surface area contributed by atoms with E-state index in [2.05, 4.69) is 67.7 Å². The minimum absolute atomic E-state index is 0. The average molecular weight is 444 g/mol. The van der Waals surface area contributed by atoms with Gasteiger partial charge in [0.15, 0.2) is 5.96 Å². The molecule has 1 aliphatic carbocycles. The van der Waals surface area contributed by atoms with Crippen molar-refractivity contribution in [2.75, 3.05) is 27.2 Å². The molecular weight excluding hydrogens is 411 g/mol. The number of guanidine groups is 1. The third kappa shape index (κ3) is 6.59. The van der Waals surface area contributed by atoms with Gasteiger partial charge >= 0.3 is 0 Å². The summed E-state index contributed by atoms with van der Waals surface area (Å²) >= 11 is 0. The molecule has 1 unspecified atom stereocenters. The van der Waals surface area contributed by atoms with E-state index in [4.69, 9.17) is 4.99 Å². The SMILES string of the molecule is CCNC(=NCC(c1ccc(C)cc1)N(C)C)NC1CCCC1.I. The average Bonchev–Trinajstić information content (AvgIpc) is 3.02. The second kappa shape index (κ2) is 10.9. The number of aryl methyl sites for hydroxylation is 1. The van der Waals surface area contributed by atoms with E-state index in [0.717, 1.165) is 19.0 Å². The smallest absolute Gasteiger partial charge is 0.191 e. The lowest BCUT2D eigenvalue weighted by Crippen LogP contribution is -2.42. The van der Waals surface area contributed by atoms with Gasteiger partial charge < -0.3 is 15.5 Å². The highest BCUT2D eigenvalue weighted by atomic mass is 127. The van der Waals surface area contributed by atoms with Gasteiger partial charge in [-0.15, -0.1) is 24.0 Å². The molecule has 0 spiro atoms. The van der Waals surface area contributed by atoms with Gasteiger partial charge in [0.05, 0.1) is 12.6 Å². The number of rotatable bonds is 6. The fraction of sp³-hybridized carbons (Fsp3) is 0.632. The quantitative estimate of drug-likeness (QED) is 0.399. The number of benzene rings is 1. The lowest BCUT2D eigenvalue weighted by Gasteiger charge is -2.24. The van der Waals surface area contributed by atoms with Crippen LogP contribution in [0.25, 0.3) is 0 Å². The second-order valence-electron chi connectivity index (χ2n) is 6.74. The van der Waals surface area contributed by atoms with Crippen molar-refractivity contribution in [3.8, 4) is 0 Å². The van der Waals surface area contributed by atoms with Crippen LogP contribution in [0.1, 0.15) is 49.8 Å². The number of hydrogen-bond donors (Lipinski definition) is 2. The van der Waals surface area contributed by atoms with Gasteiger partial charge in [-0.05, 0) is 46.3 Å². The first kappa shape index (κ1) is 21.2. The molecule has 0 radical (unpaired) electrons. The Hall–Kier alpha value is -0.820. The van der Waals surface area contributed by atoms with Crippen molar-refractivity contribution in [1.82, 2.24) is 15.5 Å². The summed E-state index contributed by atoms with van der Waals surface area (Å²) in [4.78, 5) is 7.09. The largest absolute Gasteiger partial charge is 0.357 e. The molecule has 1 aromatic rings. The molecule has 0 saturated heterocycles. The van der Waals surface area contributed by atoms with Crippen molar-refractivity contribution in [2.24, 2.45) is 4.99 Å². The number of aliphatic imine (C=N–C) groups is 1. The molecular formula is C19H33IN4. The summed E-state index contributed by atoms with van der Waals surface area (Å²) in [6, 6.07) is 9.67. The molecule has 1 aromatic carbocycles. The van der Waals surface area contributed by atoms with Crippen LogP contribution in [0.4, 0.5) is 0 Å². The molecule has 1 saturated carbocycles. The van der Waals surface area contributed by atoms with Crippen LogP contribution in [0, 0.1) is 6.92 Å². The Bertz CT molecular complexity index is 493. The number of halogens is 1. The molecule has 4 nitrogen and oxygen atoms in total. The van der Waals surface area contributed by atoms with E-state index in [1.54, 1.807) is 0 Å². The maximum Gasteiger partial charge on any atom is 0.191 e. The molecule has 1 atom stereocenters. The molecule has 0 bridgehead atoms. The van der Waals surface area contributed by atoms with Gasteiger partial charge in [-0.25, -0.2) is 0 Å². The predicted molar refractivity (Wildman–Crippen MR) is 114 cm³/mol. The number of likely N-dealkylation sites (N-methyl/N-ethyl adjacent to an activating group) is 1. The van der Waals surface area contributed by atoms with Crippen molar-refractivity contribution in [3.63, 3.8) is 0 Å². The zero-order valence-corrected chi connectivity index (χ0v) is 17.8. The summed E-state index contributed by atoms with van der Waals surface area (Å²) in [6.07, 6.45) is 5.19. The molecule has 5 heteroatoms. The van der Waals surface area contributed by atoms with E-state index in [1.165, 1.54) is 36.8 Å². The molecule has 2 rings (SSSR count). The van der Waals surface area contributed by atoms with E-state index < -0.39 is 0 Å². The first-order valence-electron chi connectivity index (χ1n) is 8.88. The number of hydrogen-bond acceptors (Lipinski definition) is 2. The highest BCUT2D eigenvalue weighted by Gasteiger charge is 2.17. The summed E-state index contributed by atoms with van der Waals surface area (Å²) < 4.78 is 0. The predicted octanol–water partition coefficient (Wildman–Crippen LogP) is 3.71. The molecule has 2 N–H and O–H groups in total. The normalized spacial score (nSPS) is 16.8. The fourth-order valence-electron chi connectivity index (χ4n) is 3.12. The standard InChI is InChI=1S/C19H32N4.HI/c1-5-20-19(22-17-8-6-7-9-17)21-14-18(23(3)4)16-12-10-15(2)11-13-16;/h10-13,17-18H,5-9,14H2,1-4H3,(H2,20,21,22);1H. The highest BCUT2D eigenvalue weighted by molar-refractivity contribution is 14.0. The summed E-state index contributed by atoms with van der Waals surface area (Å²) in [5, 5.41) is 6.98. The zero-order valence-electron chi connectivity index (χ0n) is 15.5. The molecule has 136 valence electrons. The van der Waals surface area contributed by atoms with Crippen LogP contribution in [0.5, 0.6) is 0 Å². The summed E-state index contributed by atoms with van der Waals surface area (Å²) in [5.41, 5.74) is 2.62. The zero-order chi connectivity index (χ0) is 16.7. The van der Waals surface area contributed by atoms with Crippen molar-refractivity contribution in [1.29, 1.82) is 0 Å². The van der Waals surface area contributed by atoms with Crippen molar-refractivity contribution in [2.45, 2.75) is 51.6 Å². The summed E-state index contributed by atoms with van der Waals surface area (Å²) in [6.45, 7) is 5.91. The van der Waals surface area contributed by atoms with Crippen LogP contribution in [0.15, 0.2) is 29.3 Å². The van der Waals surface area contributed by atoms with E-state index in [-0.39, 0.29) is 24.0 Å². The number of nitrogens with zero attached hydrogens (tertiary/aromatic N) is 2. The first-order valence-corrected chi connectivity index (χ1v) is 8.88. The van der Waals surface area contributed by atoms with E-state index in [1.807, 2.05) is 0 Å². The summed E-state index contributed by atoms with van der Waals surface area (Å²) in [5.74, 6) is 0.957. The van der Waals surface area contributed by atoms with Crippen LogP contribution < -0.4 is 10.6 Å². The Kier molecular flexibility index (Phi) is 9.66. The van der Waals surface area contributed by atoms with E-state index in [9.17, 15) is 0 Å². The molecule has 0 aromatic heterocycles. The topological polar surface area (TPSA) is 39.7 Å². The molecule has 1 fully saturated rings. The number of nitrogens with one attached hydrogen (secondary N) is 2. The minimum Gasteiger partial charge on any atom is -0.357 e. The van der Waals surface area contributed by atoms with Gasteiger partial charge in [-0.2, -0.15) is 0 Å². The van der Waals surface area contributed by atoms with Gasteiger partial charge in [-0.3, -0.25) is 4.99 Å². The van der Waals surface area contributed by atoms with Gasteiger partial charge in [0, 0.05) is 12.6 Å². The monoisotopic (exact) mass is 444 g/mol. The van der Waals surface area contributed by atoms with Crippen LogP contribution >= 0.6 is 24.0 Å². The fourth-order valence-corrected chi connectivity index (χ4v) is 3.12. The molecule has 24 heavy (non-hydrogen) atoms. The van der Waals surface area contributed by atoms with E-state index >= 15 is 0 Å². The van der Waals surface area contributed by atoms with Gasteiger partial charge in [0.25, 0.3) is 0 Å². The van der Waals surface area contributed by atoms with Gasteiger partial charge in [-0.1, -0.05) is 42.7 Å². The van der Waals surface area contributed by atoms with Crippen molar-refractivity contribution in [3.05, 3.63) is 35.4 Å². The van der Waals surface area contributed by atoms with Crippen LogP contribution in [-0.2, 0) is 0 Å². The Morgan fingerprint density at radius 1 is 1.21 bits per heavy atom. The van der Waals surface area contributed by atoms with Crippen molar-refractivity contribution < 1.29 is 0 Å². The Morgan fingerprint density at radius 2 is 1.83 bits per heavy atom. The minimum atomic E-state index is 0. The van der Waals surface area contributed by atoms with Crippen LogP contribution in [-0.4, -0.2) is 44.1 Å². The highest BCUT2D eigenvalue weighted by Crippen LogP contribution is 2.20. The Morgan fingerprint density at radius 3 is 2.38 bits per heavy atom. The summed E-state index contributed by atoms with van der Waals surface area (Å²) in [7, 11) is 4.24. The van der Waals surface area contributed by atoms with Crippen LogP contribution in [0.2, 0.25) is 0 Å².